The van der Waals surface area contributed by atoms with E-state index in [1.54, 1.807) is 0 Å². The first kappa shape index (κ1) is 12.2. The lowest BCUT2D eigenvalue weighted by Gasteiger charge is -2.25. The number of aryl methyl sites for hydroxylation is 1. The van der Waals surface area contributed by atoms with Gasteiger partial charge in [-0.1, -0.05) is 6.92 Å². The molecule has 2 fully saturated rings. The summed E-state index contributed by atoms with van der Waals surface area (Å²) in [6.07, 6.45) is 9.56. The van der Waals surface area contributed by atoms with Crippen molar-refractivity contribution in [2.75, 3.05) is 6.54 Å². The SMILES string of the molecule is CCNC(Cc1nccn1CC)C1CC2CC2C1. The fourth-order valence-corrected chi connectivity index (χ4v) is 3.77. The van der Waals surface area contributed by atoms with Gasteiger partial charge in [0.2, 0.25) is 0 Å². The van der Waals surface area contributed by atoms with Gasteiger partial charge in [0, 0.05) is 31.4 Å². The van der Waals surface area contributed by atoms with Gasteiger partial charge in [0.05, 0.1) is 0 Å². The van der Waals surface area contributed by atoms with Crippen molar-refractivity contribution >= 4 is 0 Å². The number of rotatable bonds is 6. The van der Waals surface area contributed by atoms with Gasteiger partial charge in [0.25, 0.3) is 0 Å². The number of nitrogens with zero attached hydrogens (tertiary/aromatic N) is 2. The molecule has 2 aliphatic rings. The third-order valence-electron chi connectivity index (χ3n) is 4.86. The van der Waals surface area contributed by atoms with Crippen LogP contribution < -0.4 is 5.32 Å². The van der Waals surface area contributed by atoms with Crippen LogP contribution in [-0.4, -0.2) is 22.1 Å². The van der Waals surface area contributed by atoms with E-state index in [4.69, 9.17) is 0 Å². The van der Waals surface area contributed by atoms with E-state index in [2.05, 4.69) is 34.9 Å². The van der Waals surface area contributed by atoms with Gasteiger partial charge in [-0.05, 0) is 50.5 Å². The second-order valence-corrected chi connectivity index (χ2v) is 5.99. The topological polar surface area (TPSA) is 29.9 Å². The highest BCUT2D eigenvalue weighted by atomic mass is 15.1. The molecule has 18 heavy (non-hydrogen) atoms. The van der Waals surface area contributed by atoms with Gasteiger partial charge in [0.15, 0.2) is 0 Å². The van der Waals surface area contributed by atoms with Crippen LogP contribution in [0.1, 0.15) is 38.9 Å². The highest BCUT2D eigenvalue weighted by Gasteiger charge is 2.47. The van der Waals surface area contributed by atoms with Crippen LogP contribution in [0.2, 0.25) is 0 Å². The second kappa shape index (κ2) is 5.04. The number of hydrogen-bond acceptors (Lipinski definition) is 2. The molecule has 1 heterocycles. The molecule has 3 nitrogen and oxygen atoms in total. The number of fused-ring (bicyclic) bond motifs is 1. The molecule has 3 heteroatoms. The second-order valence-electron chi connectivity index (χ2n) is 5.99. The molecule has 1 aromatic rings. The Hall–Kier alpha value is -0.830. The van der Waals surface area contributed by atoms with Crippen molar-refractivity contribution in [1.82, 2.24) is 14.9 Å². The van der Waals surface area contributed by atoms with Gasteiger partial charge in [0.1, 0.15) is 5.82 Å². The molecule has 3 unspecified atom stereocenters. The zero-order valence-corrected chi connectivity index (χ0v) is 11.6. The van der Waals surface area contributed by atoms with Crippen LogP contribution in [0.15, 0.2) is 12.4 Å². The first-order valence-electron chi connectivity index (χ1n) is 7.55. The standard InChI is InChI=1S/C15H25N3/c1-3-16-14(13-8-11-7-12(11)9-13)10-15-17-5-6-18(15)4-2/h5-6,11-14,16H,3-4,7-10H2,1-2H3. The molecule has 2 aliphatic carbocycles. The molecule has 0 saturated heterocycles. The van der Waals surface area contributed by atoms with E-state index in [0.717, 1.165) is 37.3 Å². The molecule has 0 spiro atoms. The van der Waals surface area contributed by atoms with Gasteiger partial charge in [-0.15, -0.1) is 0 Å². The minimum atomic E-state index is 0.635. The third kappa shape index (κ3) is 2.33. The molecule has 2 saturated carbocycles. The summed E-state index contributed by atoms with van der Waals surface area (Å²) in [6.45, 7) is 6.51. The summed E-state index contributed by atoms with van der Waals surface area (Å²) in [5.41, 5.74) is 0. The Morgan fingerprint density at radius 1 is 1.33 bits per heavy atom. The molecule has 1 N–H and O–H groups in total. The van der Waals surface area contributed by atoms with Crippen LogP contribution in [0.4, 0.5) is 0 Å². The predicted octanol–water partition coefficient (Wildman–Crippen LogP) is 2.47. The van der Waals surface area contributed by atoms with Crippen molar-refractivity contribution in [2.45, 2.75) is 52.1 Å². The maximum atomic E-state index is 4.53. The number of hydrogen-bond donors (Lipinski definition) is 1. The third-order valence-corrected chi connectivity index (χ3v) is 4.86. The van der Waals surface area contributed by atoms with Crippen LogP contribution in [0, 0.1) is 17.8 Å². The van der Waals surface area contributed by atoms with Crippen molar-refractivity contribution in [3.05, 3.63) is 18.2 Å². The summed E-state index contributed by atoms with van der Waals surface area (Å²) in [6, 6.07) is 0.635. The number of nitrogens with one attached hydrogen (secondary N) is 1. The molecule has 1 aromatic heterocycles. The summed E-state index contributed by atoms with van der Waals surface area (Å²) in [5.74, 6) is 4.28. The van der Waals surface area contributed by atoms with Crippen LogP contribution in [0.25, 0.3) is 0 Å². The maximum Gasteiger partial charge on any atom is 0.110 e. The van der Waals surface area contributed by atoms with E-state index >= 15 is 0 Å². The molecule has 3 atom stereocenters. The monoisotopic (exact) mass is 247 g/mol. The molecule has 0 aliphatic heterocycles. The summed E-state index contributed by atoms with van der Waals surface area (Å²) in [4.78, 5) is 4.53. The lowest BCUT2D eigenvalue weighted by molar-refractivity contribution is 0.330. The van der Waals surface area contributed by atoms with Gasteiger partial charge < -0.3 is 9.88 Å². The molecule has 0 aromatic carbocycles. The summed E-state index contributed by atoms with van der Waals surface area (Å²) in [7, 11) is 0. The first-order chi connectivity index (χ1) is 8.81. The van der Waals surface area contributed by atoms with Gasteiger partial charge in [-0.2, -0.15) is 0 Å². The minimum Gasteiger partial charge on any atom is -0.335 e. The quantitative estimate of drug-likeness (QED) is 0.837. The fourth-order valence-electron chi connectivity index (χ4n) is 3.77. The van der Waals surface area contributed by atoms with E-state index < -0.39 is 0 Å². The van der Waals surface area contributed by atoms with E-state index in [1.165, 1.54) is 25.1 Å². The molecule has 0 radical (unpaired) electrons. The normalized spacial score (nSPS) is 31.3. The van der Waals surface area contributed by atoms with Crippen molar-refractivity contribution in [1.29, 1.82) is 0 Å². The largest absolute Gasteiger partial charge is 0.335 e. The van der Waals surface area contributed by atoms with Gasteiger partial charge in [-0.3, -0.25) is 0 Å². The highest BCUT2D eigenvalue weighted by Crippen LogP contribution is 2.55. The average molecular weight is 247 g/mol. The van der Waals surface area contributed by atoms with E-state index in [-0.39, 0.29) is 0 Å². The summed E-state index contributed by atoms with van der Waals surface area (Å²) < 4.78 is 2.28. The smallest absolute Gasteiger partial charge is 0.110 e. The van der Waals surface area contributed by atoms with Crippen molar-refractivity contribution in [3.8, 4) is 0 Å². The molecule has 100 valence electrons. The lowest BCUT2D eigenvalue weighted by Crippen LogP contribution is -2.38. The van der Waals surface area contributed by atoms with Crippen molar-refractivity contribution in [2.24, 2.45) is 17.8 Å². The predicted molar refractivity (Wildman–Crippen MR) is 73.4 cm³/mol. The number of likely N-dealkylation sites (N-methyl/N-ethyl adjacent to an activating group) is 1. The molecular formula is C15H25N3. The van der Waals surface area contributed by atoms with Crippen molar-refractivity contribution < 1.29 is 0 Å². The van der Waals surface area contributed by atoms with Gasteiger partial charge in [-0.25, -0.2) is 4.98 Å². The minimum absolute atomic E-state index is 0.635. The average Bonchev–Trinajstić information content (AvgIpc) is 2.80. The van der Waals surface area contributed by atoms with Crippen LogP contribution >= 0.6 is 0 Å². The molecule has 3 rings (SSSR count). The summed E-state index contributed by atoms with van der Waals surface area (Å²) in [5, 5.41) is 3.70. The van der Waals surface area contributed by atoms with E-state index in [0.29, 0.717) is 6.04 Å². The Labute approximate surface area is 110 Å². The van der Waals surface area contributed by atoms with E-state index in [1.807, 2.05) is 6.20 Å². The van der Waals surface area contributed by atoms with E-state index in [9.17, 15) is 0 Å². The Morgan fingerprint density at radius 2 is 2.11 bits per heavy atom. The maximum absolute atomic E-state index is 4.53. The zero-order chi connectivity index (χ0) is 12.5. The van der Waals surface area contributed by atoms with Crippen LogP contribution in [0.5, 0.6) is 0 Å². The lowest BCUT2D eigenvalue weighted by atomic mass is 9.92. The number of imidazole rings is 1. The van der Waals surface area contributed by atoms with Gasteiger partial charge >= 0.3 is 0 Å². The van der Waals surface area contributed by atoms with Crippen molar-refractivity contribution in [3.63, 3.8) is 0 Å². The molecular weight excluding hydrogens is 222 g/mol. The highest BCUT2D eigenvalue weighted by molar-refractivity contribution is 5.03. The molecule has 0 amide bonds. The summed E-state index contributed by atoms with van der Waals surface area (Å²) >= 11 is 0. The Kier molecular flexibility index (Phi) is 3.42. The zero-order valence-electron chi connectivity index (χ0n) is 11.6. The fraction of sp³-hybridized carbons (Fsp3) is 0.800. The molecule has 0 bridgehead atoms. The Bertz CT molecular complexity index is 388. The Morgan fingerprint density at radius 3 is 2.78 bits per heavy atom. The van der Waals surface area contributed by atoms with Crippen LogP contribution in [0.3, 0.4) is 0 Å². The van der Waals surface area contributed by atoms with Crippen LogP contribution in [-0.2, 0) is 13.0 Å². The Balaban J connectivity index is 1.66. The number of aromatic nitrogens is 2. The first-order valence-corrected chi connectivity index (χ1v) is 7.55.